The van der Waals surface area contributed by atoms with Gasteiger partial charge in [0.1, 0.15) is 0 Å². The standard InChI is InChI=1S/C27H24N2O/c1-18-7-5-6-10-21(18)22-12-11-20(26-17-28-14-13-23(22)26)16-29-27(30)25-15-24(25)19-8-3-2-4-9-19/h2-14,17,24-25H,15-16H2,1H3,(H,29,30)/t24-,25+/m0/s1. The van der Waals surface area contributed by atoms with E-state index in [0.717, 1.165) is 17.4 Å². The number of amides is 1. The molecule has 1 aliphatic carbocycles. The number of nitrogens with one attached hydrogen (secondary N) is 1. The monoisotopic (exact) mass is 392 g/mol. The van der Waals surface area contributed by atoms with Crippen LogP contribution in [0.1, 0.15) is 29.0 Å². The zero-order chi connectivity index (χ0) is 20.5. The predicted molar refractivity (Wildman–Crippen MR) is 121 cm³/mol. The Kier molecular flexibility index (Phi) is 4.80. The summed E-state index contributed by atoms with van der Waals surface area (Å²) >= 11 is 0. The number of nitrogens with zero attached hydrogens (tertiary/aromatic N) is 1. The molecule has 1 heterocycles. The summed E-state index contributed by atoms with van der Waals surface area (Å²) in [4.78, 5) is 17.0. The van der Waals surface area contributed by atoms with Crippen molar-refractivity contribution in [1.82, 2.24) is 10.3 Å². The Morgan fingerprint density at radius 3 is 2.57 bits per heavy atom. The van der Waals surface area contributed by atoms with Crippen molar-refractivity contribution in [3.63, 3.8) is 0 Å². The topological polar surface area (TPSA) is 42.0 Å². The summed E-state index contributed by atoms with van der Waals surface area (Å²) in [5.74, 6) is 0.583. The minimum atomic E-state index is 0.0861. The predicted octanol–water partition coefficient (Wildman–Crippen LogP) is 5.63. The van der Waals surface area contributed by atoms with Crippen molar-refractivity contribution in [2.45, 2.75) is 25.8 Å². The van der Waals surface area contributed by atoms with Gasteiger partial charge in [0, 0.05) is 30.2 Å². The van der Waals surface area contributed by atoms with Crippen LogP contribution < -0.4 is 5.32 Å². The minimum Gasteiger partial charge on any atom is -0.352 e. The first-order valence-electron chi connectivity index (χ1n) is 10.5. The Balaban J connectivity index is 1.37. The Labute approximate surface area is 176 Å². The first-order chi connectivity index (χ1) is 14.7. The molecule has 0 spiro atoms. The lowest BCUT2D eigenvalue weighted by atomic mass is 9.94. The number of hydrogen-bond donors (Lipinski definition) is 1. The lowest BCUT2D eigenvalue weighted by molar-refractivity contribution is -0.122. The van der Waals surface area contributed by atoms with E-state index in [9.17, 15) is 4.79 Å². The molecule has 0 saturated heterocycles. The lowest BCUT2D eigenvalue weighted by Gasteiger charge is -2.13. The number of carbonyl (C=O) groups is 1. The summed E-state index contributed by atoms with van der Waals surface area (Å²) < 4.78 is 0. The summed E-state index contributed by atoms with van der Waals surface area (Å²) in [6.45, 7) is 2.66. The van der Waals surface area contributed by atoms with E-state index < -0.39 is 0 Å². The fraction of sp³-hybridized carbons (Fsp3) is 0.185. The van der Waals surface area contributed by atoms with Crippen molar-refractivity contribution in [2.24, 2.45) is 5.92 Å². The fourth-order valence-electron chi connectivity index (χ4n) is 4.38. The van der Waals surface area contributed by atoms with E-state index in [4.69, 9.17) is 0 Å². The maximum absolute atomic E-state index is 12.7. The third kappa shape index (κ3) is 3.48. The van der Waals surface area contributed by atoms with Crippen LogP contribution in [0.3, 0.4) is 0 Å². The second kappa shape index (κ2) is 7.75. The lowest BCUT2D eigenvalue weighted by Crippen LogP contribution is -2.25. The van der Waals surface area contributed by atoms with Gasteiger partial charge in [-0.05, 0) is 58.5 Å². The Hall–Kier alpha value is -3.46. The van der Waals surface area contributed by atoms with Crippen molar-refractivity contribution < 1.29 is 4.79 Å². The number of rotatable bonds is 5. The highest BCUT2D eigenvalue weighted by atomic mass is 16.2. The molecule has 1 saturated carbocycles. The summed E-state index contributed by atoms with van der Waals surface area (Å²) in [5.41, 5.74) is 6.04. The largest absolute Gasteiger partial charge is 0.352 e. The smallest absolute Gasteiger partial charge is 0.224 e. The van der Waals surface area contributed by atoms with Gasteiger partial charge in [-0.2, -0.15) is 0 Å². The number of fused-ring (bicyclic) bond motifs is 1. The highest BCUT2D eigenvalue weighted by Gasteiger charge is 2.43. The quantitative estimate of drug-likeness (QED) is 0.478. The molecule has 1 aliphatic rings. The molecular weight excluding hydrogens is 368 g/mol. The van der Waals surface area contributed by atoms with Crippen LogP contribution in [0.15, 0.2) is 85.2 Å². The Bertz CT molecular complexity index is 1220. The van der Waals surface area contributed by atoms with Gasteiger partial charge in [-0.25, -0.2) is 0 Å². The van der Waals surface area contributed by atoms with E-state index in [2.05, 4.69) is 71.8 Å². The molecule has 4 aromatic rings. The van der Waals surface area contributed by atoms with E-state index in [1.165, 1.54) is 27.6 Å². The van der Waals surface area contributed by atoms with Gasteiger partial charge in [0.2, 0.25) is 5.91 Å². The van der Waals surface area contributed by atoms with E-state index in [-0.39, 0.29) is 11.8 Å². The summed E-state index contributed by atoms with van der Waals surface area (Å²) in [6, 6.07) is 25.1. The second-order valence-electron chi connectivity index (χ2n) is 8.09. The fourth-order valence-corrected chi connectivity index (χ4v) is 4.38. The van der Waals surface area contributed by atoms with Crippen molar-refractivity contribution in [3.8, 4) is 11.1 Å². The summed E-state index contributed by atoms with van der Waals surface area (Å²) in [7, 11) is 0. The SMILES string of the molecule is Cc1ccccc1-c1ccc(CNC(=O)[C@@H]2C[C@H]2c2ccccc2)c2cnccc12. The average molecular weight is 393 g/mol. The van der Waals surface area contributed by atoms with Crippen molar-refractivity contribution in [3.05, 3.63) is 102 Å². The number of aryl methyl sites for hydroxylation is 1. The average Bonchev–Trinajstić information content (AvgIpc) is 3.60. The molecule has 1 amide bonds. The van der Waals surface area contributed by atoms with Crippen LogP contribution in [0.4, 0.5) is 0 Å². The van der Waals surface area contributed by atoms with Crippen molar-refractivity contribution in [1.29, 1.82) is 0 Å². The number of carbonyl (C=O) groups excluding carboxylic acids is 1. The van der Waals surface area contributed by atoms with Crippen LogP contribution in [0.25, 0.3) is 21.9 Å². The van der Waals surface area contributed by atoms with Crippen molar-refractivity contribution in [2.75, 3.05) is 0 Å². The van der Waals surface area contributed by atoms with E-state index in [0.29, 0.717) is 12.5 Å². The summed E-state index contributed by atoms with van der Waals surface area (Å²) in [6.07, 6.45) is 4.67. The molecule has 0 bridgehead atoms. The van der Waals surface area contributed by atoms with Crippen LogP contribution in [-0.2, 0) is 11.3 Å². The molecule has 3 heteroatoms. The van der Waals surface area contributed by atoms with Gasteiger partial charge in [-0.3, -0.25) is 9.78 Å². The molecule has 148 valence electrons. The van der Waals surface area contributed by atoms with Gasteiger partial charge in [-0.15, -0.1) is 0 Å². The van der Waals surface area contributed by atoms with E-state index in [1.54, 1.807) is 0 Å². The molecule has 5 rings (SSSR count). The zero-order valence-electron chi connectivity index (χ0n) is 17.0. The van der Waals surface area contributed by atoms with Crippen LogP contribution in [0, 0.1) is 12.8 Å². The highest BCUT2D eigenvalue weighted by molar-refractivity contribution is 5.98. The second-order valence-corrected chi connectivity index (χ2v) is 8.09. The Morgan fingerprint density at radius 2 is 1.73 bits per heavy atom. The van der Waals surface area contributed by atoms with Crippen LogP contribution >= 0.6 is 0 Å². The van der Waals surface area contributed by atoms with Crippen molar-refractivity contribution >= 4 is 16.7 Å². The first kappa shape index (κ1) is 18.6. The highest BCUT2D eigenvalue weighted by Crippen LogP contribution is 2.47. The molecule has 1 N–H and O–H groups in total. The number of benzene rings is 3. The van der Waals surface area contributed by atoms with Crippen LogP contribution in [0.2, 0.25) is 0 Å². The molecule has 0 unspecified atom stereocenters. The molecule has 1 fully saturated rings. The van der Waals surface area contributed by atoms with Gasteiger partial charge in [0.25, 0.3) is 0 Å². The van der Waals surface area contributed by atoms with E-state index in [1.807, 2.05) is 30.6 Å². The molecule has 0 aliphatic heterocycles. The van der Waals surface area contributed by atoms with Crippen LogP contribution in [-0.4, -0.2) is 10.9 Å². The summed E-state index contributed by atoms with van der Waals surface area (Å²) in [5, 5.41) is 5.41. The van der Waals surface area contributed by atoms with Gasteiger partial charge >= 0.3 is 0 Å². The normalized spacial score (nSPS) is 17.6. The molecule has 30 heavy (non-hydrogen) atoms. The molecule has 3 aromatic carbocycles. The Morgan fingerprint density at radius 1 is 0.933 bits per heavy atom. The minimum absolute atomic E-state index is 0.0861. The maximum Gasteiger partial charge on any atom is 0.224 e. The maximum atomic E-state index is 12.7. The number of aromatic nitrogens is 1. The molecule has 3 nitrogen and oxygen atoms in total. The third-order valence-corrected chi connectivity index (χ3v) is 6.15. The number of pyridine rings is 1. The molecule has 2 atom stereocenters. The van der Waals surface area contributed by atoms with Gasteiger partial charge < -0.3 is 5.32 Å². The molecule has 1 aromatic heterocycles. The zero-order valence-corrected chi connectivity index (χ0v) is 17.0. The van der Waals surface area contributed by atoms with Gasteiger partial charge in [-0.1, -0.05) is 66.7 Å². The first-order valence-corrected chi connectivity index (χ1v) is 10.5. The van der Waals surface area contributed by atoms with E-state index >= 15 is 0 Å². The molecular formula is C27H24N2O. The number of hydrogen-bond acceptors (Lipinski definition) is 2. The van der Waals surface area contributed by atoms with Gasteiger partial charge in [0.05, 0.1) is 0 Å². The van der Waals surface area contributed by atoms with Gasteiger partial charge in [0.15, 0.2) is 0 Å². The molecule has 0 radical (unpaired) electrons. The third-order valence-electron chi connectivity index (χ3n) is 6.15. The van der Waals surface area contributed by atoms with Crippen LogP contribution in [0.5, 0.6) is 0 Å².